The topological polar surface area (TPSA) is 88.3 Å². The van der Waals surface area contributed by atoms with Crippen molar-refractivity contribution in [2.24, 2.45) is 4.99 Å². The van der Waals surface area contributed by atoms with Crippen LogP contribution in [0.2, 0.25) is 0 Å². The number of guanidine groups is 1. The zero-order valence-electron chi connectivity index (χ0n) is 17.8. The standard InChI is InChI=1S/C22H29N7O2/c1-23-22(25-17-21-27-26-20-7-2-3-8-29(20)21)24-16-18-5-4-6-19(15-18)31-14-11-28-9-12-30-13-10-28/h2-8,15H,9-14,16-17H2,1H3,(H2,23,24,25). The number of nitrogens with one attached hydrogen (secondary N) is 2. The molecule has 0 unspecified atom stereocenters. The number of hydrogen-bond donors (Lipinski definition) is 2. The van der Waals surface area contributed by atoms with Crippen molar-refractivity contribution >= 4 is 11.6 Å². The molecule has 1 aliphatic heterocycles. The van der Waals surface area contributed by atoms with E-state index in [1.54, 1.807) is 7.05 Å². The van der Waals surface area contributed by atoms with Crippen molar-refractivity contribution < 1.29 is 9.47 Å². The normalized spacial score (nSPS) is 15.2. The van der Waals surface area contributed by atoms with E-state index >= 15 is 0 Å². The zero-order valence-corrected chi connectivity index (χ0v) is 17.8. The third-order valence-electron chi connectivity index (χ3n) is 5.16. The molecular formula is C22H29N7O2. The number of aromatic nitrogens is 3. The second-order valence-electron chi connectivity index (χ2n) is 7.27. The van der Waals surface area contributed by atoms with Gasteiger partial charge in [-0.2, -0.15) is 0 Å². The van der Waals surface area contributed by atoms with E-state index in [1.165, 1.54) is 0 Å². The number of aliphatic imine (C=N–C) groups is 1. The molecule has 31 heavy (non-hydrogen) atoms. The first-order chi connectivity index (χ1) is 15.3. The molecule has 1 aliphatic rings. The summed E-state index contributed by atoms with van der Waals surface area (Å²) in [7, 11) is 1.75. The van der Waals surface area contributed by atoms with E-state index in [0.717, 1.165) is 55.6 Å². The van der Waals surface area contributed by atoms with Crippen molar-refractivity contribution in [1.82, 2.24) is 30.1 Å². The van der Waals surface area contributed by atoms with Gasteiger partial charge in [0.25, 0.3) is 0 Å². The van der Waals surface area contributed by atoms with E-state index in [9.17, 15) is 0 Å². The van der Waals surface area contributed by atoms with Crippen LogP contribution in [-0.4, -0.2) is 72.0 Å². The van der Waals surface area contributed by atoms with Gasteiger partial charge in [-0.05, 0) is 29.8 Å². The van der Waals surface area contributed by atoms with E-state index in [0.29, 0.717) is 25.7 Å². The van der Waals surface area contributed by atoms with Crippen LogP contribution >= 0.6 is 0 Å². The van der Waals surface area contributed by atoms with E-state index in [4.69, 9.17) is 9.47 Å². The third-order valence-corrected chi connectivity index (χ3v) is 5.16. The number of benzene rings is 1. The van der Waals surface area contributed by atoms with Gasteiger partial charge in [0.15, 0.2) is 17.4 Å². The van der Waals surface area contributed by atoms with Crippen LogP contribution in [0.4, 0.5) is 0 Å². The molecule has 3 aromatic rings. The molecule has 1 saturated heterocycles. The lowest BCUT2D eigenvalue weighted by Gasteiger charge is -2.26. The monoisotopic (exact) mass is 423 g/mol. The van der Waals surface area contributed by atoms with Crippen molar-refractivity contribution in [2.75, 3.05) is 46.5 Å². The molecule has 3 heterocycles. The van der Waals surface area contributed by atoms with Gasteiger partial charge in [-0.25, -0.2) is 0 Å². The van der Waals surface area contributed by atoms with Crippen LogP contribution in [-0.2, 0) is 17.8 Å². The smallest absolute Gasteiger partial charge is 0.191 e. The molecule has 1 aromatic carbocycles. The molecule has 0 saturated carbocycles. The van der Waals surface area contributed by atoms with Gasteiger partial charge < -0.3 is 20.1 Å². The molecular weight excluding hydrogens is 394 g/mol. The molecule has 9 nitrogen and oxygen atoms in total. The van der Waals surface area contributed by atoms with Gasteiger partial charge in [-0.1, -0.05) is 18.2 Å². The number of nitrogens with zero attached hydrogens (tertiary/aromatic N) is 5. The predicted octanol–water partition coefficient (Wildman–Crippen LogP) is 1.31. The van der Waals surface area contributed by atoms with Crippen molar-refractivity contribution in [3.8, 4) is 5.75 Å². The number of morpholine rings is 1. The summed E-state index contributed by atoms with van der Waals surface area (Å²) in [5, 5.41) is 15.0. The number of rotatable bonds is 8. The average molecular weight is 424 g/mol. The first-order valence-corrected chi connectivity index (χ1v) is 10.6. The largest absolute Gasteiger partial charge is 0.492 e. The van der Waals surface area contributed by atoms with Crippen LogP contribution in [0.1, 0.15) is 11.4 Å². The third kappa shape index (κ3) is 5.93. The Labute approximate surface area is 182 Å². The minimum absolute atomic E-state index is 0.523. The van der Waals surface area contributed by atoms with Crippen LogP contribution in [0.15, 0.2) is 53.7 Å². The average Bonchev–Trinajstić information content (AvgIpc) is 3.23. The second kappa shape index (κ2) is 10.7. The van der Waals surface area contributed by atoms with Crippen molar-refractivity contribution in [1.29, 1.82) is 0 Å². The molecule has 0 atom stereocenters. The highest BCUT2D eigenvalue weighted by molar-refractivity contribution is 5.79. The maximum Gasteiger partial charge on any atom is 0.191 e. The van der Waals surface area contributed by atoms with Gasteiger partial charge in [-0.3, -0.25) is 14.3 Å². The lowest BCUT2D eigenvalue weighted by molar-refractivity contribution is 0.0322. The second-order valence-corrected chi connectivity index (χ2v) is 7.27. The highest BCUT2D eigenvalue weighted by atomic mass is 16.5. The molecule has 0 aliphatic carbocycles. The van der Waals surface area contributed by atoms with E-state index in [2.05, 4.69) is 42.9 Å². The summed E-state index contributed by atoms with van der Waals surface area (Å²) in [6.07, 6.45) is 1.95. The van der Waals surface area contributed by atoms with Gasteiger partial charge >= 0.3 is 0 Å². The lowest BCUT2D eigenvalue weighted by Crippen LogP contribution is -2.38. The quantitative estimate of drug-likeness (QED) is 0.417. The number of pyridine rings is 1. The minimum atomic E-state index is 0.523. The van der Waals surface area contributed by atoms with Gasteiger partial charge in [0, 0.05) is 39.4 Å². The fourth-order valence-electron chi connectivity index (χ4n) is 3.44. The van der Waals surface area contributed by atoms with Crippen LogP contribution in [0.25, 0.3) is 5.65 Å². The Balaban J connectivity index is 1.24. The molecule has 164 valence electrons. The Morgan fingerprint density at radius 2 is 1.97 bits per heavy atom. The first kappa shape index (κ1) is 21.1. The Kier molecular flexibility index (Phi) is 7.30. The fourth-order valence-corrected chi connectivity index (χ4v) is 3.44. The lowest BCUT2D eigenvalue weighted by atomic mass is 10.2. The molecule has 0 radical (unpaired) electrons. The van der Waals surface area contributed by atoms with Crippen LogP contribution in [0.3, 0.4) is 0 Å². The van der Waals surface area contributed by atoms with E-state index < -0.39 is 0 Å². The Morgan fingerprint density at radius 3 is 2.84 bits per heavy atom. The summed E-state index contributed by atoms with van der Waals surface area (Å²) >= 11 is 0. The fraction of sp³-hybridized carbons (Fsp3) is 0.409. The summed E-state index contributed by atoms with van der Waals surface area (Å²) in [5.41, 5.74) is 1.95. The number of ether oxygens (including phenoxy) is 2. The molecule has 2 N–H and O–H groups in total. The molecule has 9 heteroatoms. The van der Waals surface area contributed by atoms with Gasteiger partial charge in [0.1, 0.15) is 12.4 Å². The van der Waals surface area contributed by atoms with Crippen molar-refractivity contribution in [3.63, 3.8) is 0 Å². The highest BCUT2D eigenvalue weighted by Crippen LogP contribution is 2.13. The molecule has 2 aromatic heterocycles. The summed E-state index contributed by atoms with van der Waals surface area (Å²) in [6, 6.07) is 14.0. The number of fused-ring (bicyclic) bond motifs is 1. The van der Waals surface area contributed by atoms with E-state index in [-0.39, 0.29) is 0 Å². The van der Waals surface area contributed by atoms with Gasteiger partial charge in [0.2, 0.25) is 0 Å². The minimum Gasteiger partial charge on any atom is -0.492 e. The SMILES string of the molecule is CN=C(NCc1cccc(OCCN2CCOCC2)c1)NCc1nnc2ccccn12. The van der Waals surface area contributed by atoms with Crippen molar-refractivity contribution in [3.05, 3.63) is 60.0 Å². The van der Waals surface area contributed by atoms with E-state index in [1.807, 2.05) is 40.9 Å². The van der Waals surface area contributed by atoms with Crippen LogP contribution in [0, 0.1) is 0 Å². The summed E-state index contributed by atoms with van der Waals surface area (Å²) in [6.45, 7) is 6.32. The summed E-state index contributed by atoms with van der Waals surface area (Å²) in [5.74, 6) is 2.41. The molecule has 4 rings (SSSR count). The van der Waals surface area contributed by atoms with Crippen LogP contribution < -0.4 is 15.4 Å². The van der Waals surface area contributed by atoms with Gasteiger partial charge in [-0.15, -0.1) is 10.2 Å². The molecule has 0 amide bonds. The Hall–Kier alpha value is -3.17. The van der Waals surface area contributed by atoms with Crippen LogP contribution in [0.5, 0.6) is 5.75 Å². The molecule has 0 spiro atoms. The predicted molar refractivity (Wildman–Crippen MR) is 119 cm³/mol. The summed E-state index contributed by atoms with van der Waals surface area (Å²) < 4.78 is 13.3. The highest BCUT2D eigenvalue weighted by Gasteiger charge is 2.10. The number of hydrogen-bond acceptors (Lipinski definition) is 6. The summed E-state index contributed by atoms with van der Waals surface area (Å²) in [4.78, 5) is 6.66. The zero-order chi connectivity index (χ0) is 21.3. The first-order valence-electron chi connectivity index (χ1n) is 10.6. The van der Waals surface area contributed by atoms with Crippen molar-refractivity contribution in [2.45, 2.75) is 13.1 Å². The maximum atomic E-state index is 5.95. The van der Waals surface area contributed by atoms with Gasteiger partial charge in [0.05, 0.1) is 19.8 Å². The maximum absolute atomic E-state index is 5.95. The Morgan fingerprint density at radius 1 is 1.10 bits per heavy atom. The molecule has 1 fully saturated rings. The Bertz CT molecular complexity index is 998. The molecule has 0 bridgehead atoms.